The van der Waals surface area contributed by atoms with Crippen LogP contribution in [0, 0.1) is 11.2 Å². The molecule has 0 radical (unpaired) electrons. The van der Waals surface area contributed by atoms with E-state index < -0.39 is 5.82 Å². The first-order valence-corrected chi connectivity index (χ1v) is 6.47. The van der Waals surface area contributed by atoms with Crippen molar-refractivity contribution in [3.63, 3.8) is 0 Å². The summed E-state index contributed by atoms with van der Waals surface area (Å²) in [6.45, 7) is 4.88. The summed E-state index contributed by atoms with van der Waals surface area (Å²) in [7, 11) is 1.65. The van der Waals surface area contributed by atoms with Crippen molar-refractivity contribution < 1.29 is 9.18 Å². The number of nitrogens with two attached hydrogens (primary N) is 1. The average molecular weight is 354 g/mol. The van der Waals surface area contributed by atoms with E-state index in [2.05, 4.69) is 15.9 Å². The van der Waals surface area contributed by atoms with Crippen molar-refractivity contribution in [3.8, 4) is 0 Å². The largest absolute Gasteiger partial charge is 0.341 e. The molecule has 0 aliphatic heterocycles. The van der Waals surface area contributed by atoms with Gasteiger partial charge in [0.05, 0.1) is 5.56 Å². The highest BCUT2D eigenvalue weighted by Crippen LogP contribution is 2.19. The zero-order chi connectivity index (χ0) is 13.9. The predicted molar refractivity (Wildman–Crippen MR) is 81.1 cm³/mol. The molecule has 1 aromatic rings. The van der Waals surface area contributed by atoms with Crippen molar-refractivity contribution in [3.05, 3.63) is 34.1 Å². The van der Waals surface area contributed by atoms with Crippen molar-refractivity contribution in [1.82, 2.24) is 4.90 Å². The van der Waals surface area contributed by atoms with Crippen molar-refractivity contribution in [1.29, 1.82) is 0 Å². The fourth-order valence-electron chi connectivity index (χ4n) is 1.65. The summed E-state index contributed by atoms with van der Waals surface area (Å²) in [5.41, 5.74) is 5.51. The molecule has 6 heteroatoms. The third-order valence-electron chi connectivity index (χ3n) is 2.72. The number of rotatable bonds is 4. The summed E-state index contributed by atoms with van der Waals surface area (Å²) >= 11 is 3.23. The molecule has 19 heavy (non-hydrogen) atoms. The van der Waals surface area contributed by atoms with Crippen LogP contribution >= 0.6 is 28.3 Å². The summed E-state index contributed by atoms with van der Waals surface area (Å²) < 4.78 is 14.3. The Morgan fingerprint density at radius 3 is 2.58 bits per heavy atom. The van der Waals surface area contributed by atoms with Gasteiger partial charge in [0.15, 0.2) is 0 Å². The van der Waals surface area contributed by atoms with E-state index >= 15 is 0 Å². The zero-order valence-electron chi connectivity index (χ0n) is 11.2. The van der Waals surface area contributed by atoms with E-state index in [0.29, 0.717) is 17.6 Å². The van der Waals surface area contributed by atoms with Crippen LogP contribution in [-0.4, -0.2) is 30.9 Å². The third kappa shape index (κ3) is 5.09. The number of carbonyl (C=O) groups is 1. The Morgan fingerprint density at radius 2 is 2.05 bits per heavy atom. The number of benzene rings is 1. The van der Waals surface area contributed by atoms with Gasteiger partial charge in [0.25, 0.3) is 5.91 Å². The summed E-state index contributed by atoms with van der Waals surface area (Å²) in [4.78, 5) is 13.6. The van der Waals surface area contributed by atoms with Crippen LogP contribution in [0.15, 0.2) is 22.7 Å². The molecule has 0 saturated heterocycles. The van der Waals surface area contributed by atoms with Crippen LogP contribution in [0.25, 0.3) is 0 Å². The maximum Gasteiger partial charge on any atom is 0.256 e. The molecule has 0 fully saturated rings. The van der Waals surface area contributed by atoms with Crippen LogP contribution in [-0.2, 0) is 0 Å². The number of nitrogens with zero attached hydrogens (tertiary/aromatic N) is 1. The van der Waals surface area contributed by atoms with Gasteiger partial charge in [-0.25, -0.2) is 4.39 Å². The molecule has 0 aliphatic carbocycles. The molecule has 0 aromatic heterocycles. The highest BCUT2D eigenvalue weighted by atomic mass is 79.9. The van der Waals surface area contributed by atoms with Crippen LogP contribution in [0.3, 0.4) is 0 Å². The van der Waals surface area contributed by atoms with Gasteiger partial charge in [0, 0.05) is 18.1 Å². The second kappa shape index (κ2) is 7.22. The molecular weight excluding hydrogens is 335 g/mol. The monoisotopic (exact) mass is 352 g/mol. The van der Waals surface area contributed by atoms with Gasteiger partial charge in [-0.2, -0.15) is 0 Å². The summed E-state index contributed by atoms with van der Waals surface area (Å²) in [5.74, 6) is -0.851. The van der Waals surface area contributed by atoms with Gasteiger partial charge >= 0.3 is 0 Å². The standard InChI is InChI=1S/C13H18BrFN2O.ClH/c1-13(2,7-16)8-17(3)12(18)10-6-9(14)4-5-11(10)15;/h4-6H,7-8,16H2,1-3H3;1H. The van der Waals surface area contributed by atoms with Gasteiger partial charge < -0.3 is 10.6 Å². The molecule has 2 N–H and O–H groups in total. The molecule has 0 aliphatic rings. The minimum atomic E-state index is -0.513. The molecule has 0 atom stereocenters. The Bertz CT molecular complexity index is 454. The number of halogens is 3. The van der Waals surface area contributed by atoms with E-state index in [1.165, 1.54) is 17.0 Å². The van der Waals surface area contributed by atoms with Crippen LogP contribution in [0.1, 0.15) is 24.2 Å². The topological polar surface area (TPSA) is 46.3 Å². The number of hydrogen-bond donors (Lipinski definition) is 1. The lowest BCUT2D eigenvalue weighted by Crippen LogP contribution is -2.40. The number of hydrogen-bond acceptors (Lipinski definition) is 2. The Morgan fingerprint density at radius 1 is 1.47 bits per heavy atom. The van der Waals surface area contributed by atoms with Gasteiger partial charge in [0.2, 0.25) is 0 Å². The van der Waals surface area contributed by atoms with Crippen LogP contribution in [0.2, 0.25) is 0 Å². The quantitative estimate of drug-likeness (QED) is 0.904. The van der Waals surface area contributed by atoms with Gasteiger partial charge in [-0.05, 0) is 30.2 Å². The molecule has 0 bridgehead atoms. The maximum absolute atomic E-state index is 13.6. The lowest BCUT2D eigenvalue weighted by molar-refractivity contribution is 0.0736. The number of amides is 1. The minimum absolute atomic E-state index is 0. The normalized spacial score (nSPS) is 10.8. The first kappa shape index (κ1) is 18.4. The van der Waals surface area contributed by atoms with Crippen LogP contribution in [0.4, 0.5) is 4.39 Å². The molecule has 0 saturated carbocycles. The Balaban J connectivity index is 0.00000324. The van der Waals surface area contributed by atoms with Gasteiger partial charge in [-0.15, -0.1) is 12.4 Å². The predicted octanol–water partition coefficient (Wildman–Crippen LogP) is 3.07. The zero-order valence-corrected chi connectivity index (χ0v) is 13.6. The Labute approximate surface area is 127 Å². The molecule has 1 aromatic carbocycles. The van der Waals surface area contributed by atoms with Crippen molar-refractivity contribution in [2.45, 2.75) is 13.8 Å². The van der Waals surface area contributed by atoms with E-state index in [4.69, 9.17) is 5.73 Å². The lowest BCUT2D eigenvalue weighted by Gasteiger charge is -2.29. The van der Waals surface area contributed by atoms with E-state index in [1.54, 1.807) is 13.1 Å². The second-order valence-electron chi connectivity index (χ2n) is 5.15. The Hall–Kier alpha value is -0.650. The first-order valence-electron chi connectivity index (χ1n) is 5.67. The van der Waals surface area contributed by atoms with Gasteiger partial charge in [-0.1, -0.05) is 29.8 Å². The lowest BCUT2D eigenvalue weighted by atomic mass is 9.93. The molecule has 108 valence electrons. The molecule has 1 rings (SSSR count). The smallest absolute Gasteiger partial charge is 0.256 e. The summed E-state index contributed by atoms with van der Waals surface area (Å²) in [6.07, 6.45) is 0. The molecule has 3 nitrogen and oxygen atoms in total. The van der Waals surface area contributed by atoms with E-state index in [1.807, 2.05) is 13.8 Å². The van der Waals surface area contributed by atoms with Crippen molar-refractivity contribution in [2.75, 3.05) is 20.1 Å². The summed E-state index contributed by atoms with van der Waals surface area (Å²) in [5, 5.41) is 0. The first-order chi connectivity index (χ1) is 8.26. The van der Waals surface area contributed by atoms with E-state index in [9.17, 15) is 9.18 Å². The molecule has 0 unspecified atom stereocenters. The highest BCUT2D eigenvalue weighted by Gasteiger charge is 2.23. The van der Waals surface area contributed by atoms with Crippen molar-refractivity contribution >= 4 is 34.2 Å². The Kier molecular flexibility index (Phi) is 6.97. The summed E-state index contributed by atoms with van der Waals surface area (Å²) in [6, 6.07) is 4.33. The van der Waals surface area contributed by atoms with Crippen LogP contribution < -0.4 is 5.73 Å². The molecule has 1 amide bonds. The maximum atomic E-state index is 13.6. The molecule has 0 spiro atoms. The molecule has 0 heterocycles. The SMILES string of the molecule is CN(CC(C)(C)CN)C(=O)c1cc(Br)ccc1F.Cl. The fourth-order valence-corrected chi connectivity index (χ4v) is 2.01. The van der Waals surface area contributed by atoms with Crippen LogP contribution in [0.5, 0.6) is 0 Å². The fraction of sp³-hybridized carbons (Fsp3) is 0.462. The van der Waals surface area contributed by atoms with Gasteiger partial charge in [0.1, 0.15) is 5.82 Å². The highest BCUT2D eigenvalue weighted by molar-refractivity contribution is 9.10. The van der Waals surface area contributed by atoms with Gasteiger partial charge in [-0.3, -0.25) is 4.79 Å². The van der Waals surface area contributed by atoms with E-state index in [-0.39, 0.29) is 29.3 Å². The number of carbonyl (C=O) groups excluding carboxylic acids is 1. The average Bonchev–Trinajstić information content (AvgIpc) is 2.31. The second-order valence-corrected chi connectivity index (χ2v) is 6.07. The van der Waals surface area contributed by atoms with E-state index in [0.717, 1.165) is 0 Å². The molecular formula is C13H19BrClFN2O. The van der Waals surface area contributed by atoms with Crippen molar-refractivity contribution in [2.24, 2.45) is 11.1 Å². The third-order valence-corrected chi connectivity index (χ3v) is 3.22. The minimum Gasteiger partial charge on any atom is -0.341 e.